The summed E-state index contributed by atoms with van der Waals surface area (Å²) in [7, 11) is 0. The van der Waals surface area contributed by atoms with Crippen LogP contribution in [-0.4, -0.2) is 9.97 Å². The van der Waals surface area contributed by atoms with Crippen molar-refractivity contribution in [3.8, 4) is 11.4 Å². The SMILES string of the molecule is Cc1cc(CN)nc(-c2ccc(F)cc2C)n1. The lowest BCUT2D eigenvalue weighted by Gasteiger charge is -2.07. The second-order valence-electron chi connectivity index (χ2n) is 3.99. The van der Waals surface area contributed by atoms with E-state index in [1.807, 2.05) is 19.9 Å². The summed E-state index contributed by atoms with van der Waals surface area (Å²) >= 11 is 0. The summed E-state index contributed by atoms with van der Waals surface area (Å²) in [6.45, 7) is 4.10. The quantitative estimate of drug-likeness (QED) is 0.863. The highest BCUT2D eigenvalue weighted by atomic mass is 19.1. The predicted molar refractivity (Wildman–Crippen MR) is 64.8 cm³/mol. The number of nitrogens with zero attached hydrogens (tertiary/aromatic N) is 2. The first-order valence-electron chi connectivity index (χ1n) is 5.41. The lowest BCUT2D eigenvalue weighted by Crippen LogP contribution is -2.04. The van der Waals surface area contributed by atoms with E-state index in [2.05, 4.69) is 9.97 Å². The van der Waals surface area contributed by atoms with Crippen LogP contribution in [-0.2, 0) is 6.54 Å². The highest BCUT2D eigenvalue weighted by molar-refractivity contribution is 5.60. The van der Waals surface area contributed by atoms with Crippen LogP contribution in [0.2, 0.25) is 0 Å². The zero-order valence-corrected chi connectivity index (χ0v) is 9.87. The summed E-state index contributed by atoms with van der Waals surface area (Å²) in [6.07, 6.45) is 0. The number of benzene rings is 1. The lowest BCUT2D eigenvalue weighted by molar-refractivity contribution is 0.627. The second kappa shape index (κ2) is 4.59. The van der Waals surface area contributed by atoms with Crippen molar-refractivity contribution in [3.05, 3.63) is 47.0 Å². The minimum atomic E-state index is -0.252. The summed E-state index contributed by atoms with van der Waals surface area (Å²) in [5.41, 5.74) is 8.88. The zero-order chi connectivity index (χ0) is 12.4. The van der Waals surface area contributed by atoms with E-state index in [9.17, 15) is 4.39 Å². The van der Waals surface area contributed by atoms with Crippen molar-refractivity contribution >= 4 is 0 Å². The van der Waals surface area contributed by atoms with Crippen LogP contribution in [0.3, 0.4) is 0 Å². The molecular formula is C13H14FN3. The van der Waals surface area contributed by atoms with Gasteiger partial charge in [-0.1, -0.05) is 0 Å². The molecule has 88 valence electrons. The fourth-order valence-corrected chi connectivity index (χ4v) is 1.74. The smallest absolute Gasteiger partial charge is 0.159 e. The standard InChI is InChI=1S/C13H14FN3/c1-8-5-10(14)3-4-12(8)13-16-9(2)6-11(7-15)17-13/h3-6H,7,15H2,1-2H3. The largest absolute Gasteiger partial charge is 0.325 e. The number of halogens is 1. The van der Waals surface area contributed by atoms with Crippen molar-refractivity contribution in [2.45, 2.75) is 20.4 Å². The molecule has 0 aliphatic carbocycles. The Bertz CT molecular complexity index is 552. The summed E-state index contributed by atoms with van der Waals surface area (Å²) in [5.74, 6) is 0.348. The zero-order valence-electron chi connectivity index (χ0n) is 9.87. The molecule has 0 fully saturated rings. The summed E-state index contributed by atoms with van der Waals surface area (Å²) in [5, 5.41) is 0. The summed E-state index contributed by atoms with van der Waals surface area (Å²) in [6, 6.07) is 6.43. The molecule has 0 saturated carbocycles. The minimum absolute atomic E-state index is 0.252. The summed E-state index contributed by atoms with van der Waals surface area (Å²) < 4.78 is 13.0. The van der Waals surface area contributed by atoms with E-state index in [0.717, 1.165) is 22.5 Å². The fourth-order valence-electron chi connectivity index (χ4n) is 1.74. The molecule has 0 aliphatic rings. The van der Waals surface area contributed by atoms with Crippen LogP contribution in [0.4, 0.5) is 4.39 Å². The van der Waals surface area contributed by atoms with Gasteiger partial charge in [0.2, 0.25) is 0 Å². The van der Waals surface area contributed by atoms with Gasteiger partial charge in [-0.05, 0) is 43.7 Å². The topological polar surface area (TPSA) is 51.8 Å². The van der Waals surface area contributed by atoms with Crippen LogP contribution in [0.1, 0.15) is 17.0 Å². The molecule has 17 heavy (non-hydrogen) atoms. The number of aromatic nitrogens is 2. The fraction of sp³-hybridized carbons (Fsp3) is 0.231. The Labute approximate surface area is 99.5 Å². The number of aryl methyl sites for hydroxylation is 2. The average Bonchev–Trinajstić information content (AvgIpc) is 2.28. The predicted octanol–water partition coefficient (Wildman–Crippen LogP) is 2.36. The van der Waals surface area contributed by atoms with Crippen molar-refractivity contribution in [1.82, 2.24) is 9.97 Å². The molecule has 2 rings (SSSR count). The van der Waals surface area contributed by atoms with Crippen LogP contribution in [0, 0.1) is 19.7 Å². The maximum Gasteiger partial charge on any atom is 0.159 e. The molecule has 4 heteroatoms. The van der Waals surface area contributed by atoms with Crippen LogP contribution >= 0.6 is 0 Å². The van der Waals surface area contributed by atoms with Crippen LogP contribution < -0.4 is 5.73 Å². The molecule has 0 unspecified atom stereocenters. The van der Waals surface area contributed by atoms with E-state index in [1.165, 1.54) is 12.1 Å². The van der Waals surface area contributed by atoms with Gasteiger partial charge < -0.3 is 5.73 Å². The first-order valence-corrected chi connectivity index (χ1v) is 5.41. The Morgan fingerprint density at radius 3 is 2.59 bits per heavy atom. The maximum absolute atomic E-state index is 13.0. The first kappa shape index (κ1) is 11.7. The highest BCUT2D eigenvalue weighted by Crippen LogP contribution is 2.21. The monoisotopic (exact) mass is 231 g/mol. The molecule has 0 spiro atoms. The first-order chi connectivity index (χ1) is 8.10. The third-order valence-electron chi connectivity index (χ3n) is 2.55. The number of rotatable bonds is 2. The molecule has 1 aromatic carbocycles. The van der Waals surface area contributed by atoms with Crippen molar-refractivity contribution in [2.24, 2.45) is 5.73 Å². The number of hydrogen-bond acceptors (Lipinski definition) is 3. The molecule has 2 N–H and O–H groups in total. The van der Waals surface area contributed by atoms with Gasteiger partial charge in [0, 0.05) is 17.8 Å². The van der Waals surface area contributed by atoms with Gasteiger partial charge in [-0.15, -0.1) is 0 Å². The van der Waals surface area contributed by atoms with Crippen LogP contribution in [0.25, 0.3) is 11.4 Å². The number of hydrogen-bond donors (Lipinski definition) is 1. The lowest BCUT2D eigenvalue weighted by atomic mass is 10.1. The van der Waals surface area contributed by atoms with Crippen molar-refractivity contribution in [1.29, 1.82) is 0 Å². The molecular weight excluding hydrogens is 217 g/mol. The van der Waals surface area contributed by atoms with E-state index < -0.39 is 0 Å². The third kappa shape index (κ3) is 2.47. The van der Waals surface area contributed by atoms with Crippen molar-refractivity contribution < 1.29 is 4.39 Å². The second-order valence-corrected chi connectivity index (χ2v) is 3.99. The molecule has 2 aromatic rings. The van der Waals surface area contributed by atoms with Crippen LogP contribution in [0.5, 0.6) is 0 Å². The van der Waals surface area contributed by atoms with Gasteiger partial charge >= 0.3 is 0 Å². The van der Waals surface area contributed by atoms with E-state index in [1.54, 1.807) is 6.07 Å². The molecule has 3 nitrogen and oxygen atoms in total. The Morgan fingerprint density at radius 1 is 1.18 bits per heavy atom. The maximum atomic E-state index is 13.0. The average molecular weight is 231 g/mol. The van der Waals surface area contributed by atoms with Gasteiger partial charge in [-0.25, -0.2) is 14.4 Å². The molecule has 0 amide bonds. The third-order valence-corrected chi connectivity index (χ3v) is 2.55. The Hall–Kier alpha value is -1.81. The van der Waals surface area contributed by atoms with Gasteiger partial charge in [-0.3, -0.25) is 0 Å². The van der Waals surface area contributed by atoms with E-state index in [4.69, 9.17) is 5.73 Å². The molecule has 0 aliphatic heterocycles. The van der Waals surface area contributed by atoms with E-state index >= 15 is 0 Å². The van der Waals surface area contributed by atoms with E-state index in [-0.39, 0.29) is 5.82 Å². The van der Waals surface area contributed by atoms with Gasteiger partial charge in [0.1, 0.15) is 5.82 Å². The minimum Gasteiger partial charge on any atom is -0.325 e. The normalized spacial score (nSPS) is 10.6. The Morgan fingerprint density at radius 2 is 1.94 bits per heavy atom. The Kier molecular flexibility index (Phi) is 3.15. The van der Waals surface area contributed by atoms with Gasteiger partial charge in [-0.2, -0.15) is 0 Å². The highest BCUT2D eigenvalue weighted by Gasteiger charge is 2.07. The van der Waals surface area contributed by atoms with E-state index in [0.29, 0.717) is 12.4 Å². The van der Waals surface area contributed by atoms with Gasteiger partial charge in [0.15, 0.2) is 5.82 Å². The van der Waals surface area contributed by atoms with Crippen molar-refractivity contribution in [3.63, 3.8) is 0 Å². The molecule has 0 atom stereocenters. The van der Waals surface area contributed by atoms with Crippen LogP contribution in [0.15, 0.2) is 24.3 Å². The Balaban J connectivity index is 2.55. The molecule has 0 saturated heterocycles. The van der Waals surface area contributed by atoms with Gasteiger partial charge in [0.05, 0.1) is 5.69 Å². The summed E-state index contributed by atoms with van der Waals surface area (Å²) in [4.78, 5) is 8.71. The van der Waals surface area contributed by atoms with Gasteiger partial charge in [0.25, 0.3) is 0 Å². The number of nitrogens with two attached hydrogens (primary N) is 1. The molecule has 0 bridgehead atoms. The molecule has 1 heterocycles. The van der Waals surface area contributed by atoms with Crippen molar-refractivity contribution in [2.75, 3.05) is 0 Å². The molecule has 1 aromatic heterocycles. The molecule has 0 radical (unpaired) electrons.